The van der Waals surface area contributed by atoms with Gasteiger partial charge < -0.3 is 15.4 Å². The molecule has 5 rings (SSSR count). The lowest BCUT2D eigenvalue weighted by Gasteiger charge is -2.24. The summed E-state index contributed by atoms with van der Waals surface area (Å²) in [6, 6.07) is 22.7. The van der Waals surface area contributed by atoms with E-state index in [1.165, 1.54) is 36.8 Å². The summed E-state index contributed by atoms with van der Waals surface area (Å²) < 4.78 is 5.29. The van der Waals surface area contributed by atoms with Gasteiger partial charge >= 0.3 is 6.03 Å². The van der Waals surface area contributed by atoms with Crippen molar-refractivity contribution < 1.29 is 9.53 Å². The van der Waals surface area contributed by atoms with E-state index in [0.717, 1.165) is 41.3 Å². The Labute approximate surface area is 195 Å². The maximum absolute atomic E-state index is 13.3. The highest BCUT2D eigenvalue weighted by Crippen LogP contribution is 2.38. The predicted molar refractivity (Wildman–Crippen MR) is 136 cm³/mol. The maximum atomic E-state index is 13.3. The van der Waals surface area contributed by atoms with E-state index in [4.69, 9.17) is 4.74 Å². The number of carbonyl (C=O) groups is 1. The number of hydrogen-bond donors (Lipinski definition) is 2. The highest BCUT2D eigenvalue weighted by Gasteiger charge is 2.23. The summed E-state index contributed by atoms with van der Waals surface area (Å²) in [5.74, 6) is 1.40. The first-order chi connectivity index (χ1) is 16.2. The van der Waals surface area contributed by atoms with Crippen LogP contribution >= 0.6 is 0 Å². The van der Waals surface area contributed by atoms with E-state index >= 15 is 0 Å². The third-order valence-corrected chi connectivity index (χ3v) is 6.78. The second-order valence-corrected chi connectivity index (χ2v) is 8.93. The van der Waals surface area contributed by atoms with Crippen LogP contribution in [0, 0.1) is 0 Å². The zero-order chi connectivity index (χ0) is 22.6. The number of carbonyl (C=O) groups excluding carboxylic acids is 1. The zero-order valence-electron chi connectivity index (χ0n) is 19.1. The molecule has 2 amide bonds. The molecule has 33 heavy (non-hydrogen) atoms. The van der Waals surface area contributed by atoms with Gasteiger partial charge in [0.2, 0.25) is 0 Å². The molecule has 5 nitrogen and oxygen atoms in total. The van der Waals surface area contributed by atoms with Crippen LogP contribution in [0.25, 0.3) is 11.1 Å². The highest BCUT2D eigenvalue weighted by molar-refractivity contribution is 6.04. The van der Waals surface area contributed by atoms with Gasteiger partial charge in [0, 0.05) is 24.8 Å². The summed E-state index contributed by atoms with van der Waals surface area (Å²) in [5, 5.41) is 6.52. The predicted octanol–water partition coefficient (Wildman–Crippen LogP) is 6.87. The van der Waals surface area contributed by atoms with E-state index in [9.17, 15) is 4.79 Å². The number of rotatable bonds is 4. The second-order valence-electron chi connectivity index (χ2n) is 8.93. The monoisotopic (exact) mass is 441 g/mol. The lowest BCUT2D eigenvalue weighted by molar-refractivity contribution is 0.257. The Morgan fingerprint density at radius 2 is 1.79 bits per heavy atom. The van der Waals surface area contributed by atoms with Gasteiger partial charge in [0.05, 0.1) is 18.5 Å². The van der Waals surface area contributed by atoms with Crippen LogP contribution in [0.4, 0.5) is 21.9 Å². The lowest BCUT2D eigenvalue weighted by atomic mass is 9.93. The molecular formula is C28H31N3O2. The minimum Gasteiger partial charge on any atom is -0.497 e. The molecule has 1 heterocycles. The van der Waals surface area contributed by atoms with E-state index in [1.807, 2.05) is 29.2 Å². The van der Waals surface area contributed by atoms with Crippen molar-refractivity contribution in [2.45, 2.75) is 38.0 Å². The first-order valence-corrected chi connectivity index (χ1v) is 11.9. The second kappa shape index (κ2) is 9.57. The summed E-state index contributed by atoms with van der Waals surface area (Å²) in [7, 11) is 1.63. The van der Waals surface area contributed by atoms with Crippen LogP contribution in [0.15, 0.2) is 66.7 Å². The van der Waals surface area contributed by atoms with Crippen LogP contribution in [0.2, 0.25) is 0 Å². The van der Waals surface area contributed by atoms with Crippen LogP contribution in [-0.4, -0.2) is 26.2 Å². The molecule has 2 aliphatic rings. The Morgan fingerprint density at radius 1 is 0.970 bits per heavy atom. The zero-order valence-corrected chi connectivity index (χ0v) is 19.1. The van der Waals surface area contributed by atoms with Crippen LogP contribution in [-0.2, 0) is 0 Å². The molecule has 3 aromatic rings. The Balaban J connectivity index is 1.44. The van der Waals surface area contributed by atoms with E-state index in [0.29, 0.717) is 12.5 Å². The molecule has 0 bridgehead atoms. The van der Waals surface area contributed by atoms with Crippen molar-refractivity contribution in [1.29, 1.82) is 0 Å². The van der Waals surface area contributed by atoms with Gasteiger partial charge in [0.1, 0.15) is 5.75 Å². The van der Waals surface area contributed by atoms with Gasteiger partial charge in [-0.1, -0.05) is 49.2 Å². The Morgan fingerprint density at radius 3 is 2.64 bits per heavy atom. The van der Waals surface area contributed by atoms with Crippen molar-refractivity contribution in [2.75, 3.05) is 35.7 Å². The van der Waals surface area contributed by atoms with Gasteiger partial charge in [-0.3, -0.25) is 4.90 Å². The number of ether oxygens (including phenoxy) is 1. The number of hydrogen-bond acceptors (Lipinski definition) is 3. The topological polar surface area (TPSA) is 53.6 Å². The lowest BCUT2D eigenvalue weighted by Crippen LogP contribution is -2.35. The van der Waals surface area contributed by atoms with Crippen LogP contribution < -0.4 is 20.3 Å². The minimum absolute atomic E-state index is 0.134. The van der Waals surface area contributed by atoms with Gasteiger partial charge in [-0.15, -0.1) is 0 Å². The summed E-state index contributed by atoms with van der Waals surface area (Å²) >= 11 is 0. The molecule has 170 valence electrons. The molecule has 1 saturated carbocycles. The molecule has 0 radical (unpaired) electrons. The number of amides is 2. The molecule has 3 aromatic carbocycles. The average Bonchev–Trinajstić information content (AvgIpc) is 3.31. The van der Waals surface area contributed by atoms with E-state index in [1.54, 1.807) is 7.11 Å². The molecule has 0 aromatic heterocycles. The molecule has 0 spiro atoms. The third kappa shape index (κ3) is 4.68. The number of methoxy groups -OCH3 is 1. The fraction of sp³-hybridized carbons (Fsp3) is 0.321. The molecule has 1 aliphatic heterocycles. The van der Waals surface area contributed by atoms with E-state index in [2.05, 4.69) is 53.1 Å². The van der Waals surface area contributed by atoms with Crippen LogP contribution in [0.1, 0.15) is 43.6 Å². The summed E-state index contributed by atoms with van der Waals surface area (Å²) in [6.07, 6.45) is 6.12. The quantitative estimate of drug-likeness (QED) is 0.464. The van der Waals surface area contributed by atoms with Crippen LogP contribution in [0.5, 0.6) is 5.75 Å². The molecule has 0 atom stereocenters. The fourth-order valence-corrected chi connectivity index (χ4v) is 5.00. The number of nitrogens with zero attached hydrogens (tertiary/aromatic N) is 1. The summed E-state index contributed by atoms with van der Waals surface area (Å²) in [5.41, 5.74) is 6.40. The molecule has 0 unspecified atom stereocenters. The molecule has 0 saturated heterocycles. The van der Waals surface area contributed by atoms with Crippen molar-refractivity contribution in [1.82, 2.24) is 0 Å². The summed E-state index contributed by atoms with van der Waals surface area (Å²) in [4.78, 5) is 15.2. The fourth-order valence-electron chi connectivity index (χ4n) is 5.00. The molecular weight excluding hydrogens is 410 g/mol. The first-order valence-electron chi connectivity index (χ1n) is 11.9. The maximum Gasteiger partial charge on any atom is 0.326 e. The number of nitrogens with one attached hydrogen (secondary N) is 2. The first kappa shape index (κ1) is 21.4. The van der Waals surface area contributed by atoms with Crippen molar-refractivity contribution >= 4 is 23.1 Å². The molecule has 1 aliphatic carbocycles. The molecule has 5 heteroatoms. The Hall–Kier alpha value is -3.47. The van der Waals surface area contributed by atoms with Gasteiger partial charge in [-0.2, -0.15) is 0 Å². The Kier molecular flexibility index (Phi) is 6.20. The number of fused-ring (bicyclic) bond motifs is 1. The van der Waals surface area contributed by atoms with Crippen molar-refractivity contribution in [3.8, 4) is 16.9 Å². The van der Waals surface area contributed by atoms with Crippen molar-refractivity contribution in [2.24, 2.45) is 0 Å². The number of benzene rings is 3. The largest absolute Gasteiger partial charge is 0.497 e. The smallest absolute Gasteiger partial charge is 0.326 e. The standard InChI is InChI=1S/C28H31N3O2/c1-33-25-12-5-11-24(19-25)30-28(32)31-16-6-15-29-26-14-13-23(18-27(26)31)22-10-4-9-21(17-22)20-7-2-3-8-20/h4-5,9-14,17-20,29H,2-3,6-8,15-16H2,1H3,(H,30,32). The average molecular weight is 442 g/mol. The van der Waals surface area contributed by atoms with Gasteiger partial charge in [-0.05, 0) is 66.1 Å². The van der Waals surface area contributed by atoms with Crippen molar-refractivity contribution in [3.63, 3.8) is 0 Å². The number of urea groups is 1. The normalized spacial score (nSPS) is 16.0. The van der Waals surface area contributed by atoms with E-state index in [-0.39, 0.29) is 6.03 Å². The van der Waals surface area contributed by atoms with Gasteiger partial charge in [0.25, 0.3) is 0 Å². The Bertz CT molecular complexity index is 1140. The van der Waals surface area contributed by atoms with Gasteiger partial charge in [0.15, 0.2) is 0 Å². The molecule has 1 fully saturated rings. The van der Waals surface area contributed by atoms with Gasteiger partial charge in [-0.25, -0.2) is 4.79 Å². The minimum atomic E-state index is -0.134. The highest BCUT2D eigenvalue weighted by atomic mass is 16.5. The SMILES string of the molecule is COc1cccc(NC(=O)N2CCCNc3ccc(-c4cccc(C5CCCC5)c4)cc32)c1. The number of anilines is 3. The molecule has 2 N–H and O–H groups in total. The third-order valence-electron chi connectivity index (χ3n) is 6.78. The van der Waals surface area contributed by atoms with Crippen molar-refractivity contribution in [3.05, 3.63) is 72.3 Å². The summed E-state index contributed by atoms with van der Waals surface area (Å²) in [6.45, 7) is 1.49. The van der Waals surface area contributed by atoms with E-state index < -0.39 is 0 Å². The van der Waals surface area contributed by atoms with Crippen LogP contribution in [0.3, 0.4) is 0 Å².